The summed E-state index contributed by atoms with van der Waals surface area (Å²) < 4.78 is 0.965. The lowest BCUT2D eigenvalue weighted by Gasteiger charge is -2.12. The molecule has 96 valence electrons. The summed E-state index contributed by atoms with van der Waals surface area (Å²) in [5.74, 6) is -0.265. The molecule has 4 nitrogen and oxygen atoms in total. The van der Waals surface area contributed by atoms with Crippen molar-refractivity contribution in [2.45, 2.75) is 13.8 Å². The van der Waals surface area contributed by atoms with Gasteiger partial charge in [-0.05, 0) is 48.6 Å². The lowest BCUT2D eigenvalue weighted by Crippen LogP contribution is -2.23. The van der Waals surface area contributed by atoms with Crippen LogP contribution in [0, 0.1) is 8.98 Å². The Morgan fingerprint density at radius 2 is 1.89 bits per heavy atom. The van der Waals surface area contributed by atoms with Crippen molar-refractivity contribution in [3.8, 4) is 0 Å². The zero-order valence-corrected chi connectivity index (χ0v) is 12.8. The number of rotatable bonds is 4. The molecular weight excluding hydrogens is 341 g/mol. The second-order valence-electron chi connectivity index (χ2n) is 3.81. The fourth-order valence-electron chi connectivity index (χ4n) is 1.49. The Kier molecular flexibility index (Phi) is 5.33. The summed E-state index contributed by atoms with van der Waals surface area (Å²) in [4.78, 5) is 12.2. The number of anilines is 1. The van der Waals surface area contributed by atoms with E-state index in [0.717, 1.165) is 9.26 Å². The number of nitrogens with one attached hydrogen (secondary N) is 3. The van der Waals surface area contributed by atoms with Crippen LogP contribution in [0.4, 0.5) is 5.69 Å². The summed E-state index contributed by atoms with van der Waals surface area (Å²) in [6.45, 7) is 3.38. The van der Waals surface area contributed by atoms with E-state index in [9.17, 15) is 4.79 Å². The number of carbonyl (C=O) groups excluding carboxylic acids is 1. The van der Waals surface area contributed by atoms with E-state index in [1.807, 2.05) is 24.3 Å². The summed E-state index contributed by atoms with van der Waals surface area (Å²) in [5, 5.41) is 13.4. The van der Waals surface area contributed by atoms with E-state index < -0.39 is 0 Å². The van der Waals surface area contributed by atoms with Gasteiger partial charge in [0.1, 0.15) is 0 Å². The highest BCUT2D eigenvalue weighted by Crippen LogP contribution is 2.18. The number of carbonyl (C=O) groups is 1. The smallest absolute Gasteiger partial charge is 0.259 e. The van der Waals surface area contributed by atoms with Crippen molar-refractivity contribution in [1.82, 2.24) is 5.32 Å². The van der Waals surface area contributed by atoms with Crippen molar-refractivity contribution in [2.24, 2.45) is 0 Å². The number of amides is 1. The lowest BCUT2D eigenvalue weighted by atomic mass is 10.1. The van der Waals surface area contributed by atoms with Gasteiger partial charge in [0.25, 0.3) is 5.91 Å². The van der Waals surface area contributed by atoms with Crippen LogP contribution in [0.15, 0.2) is 35.5 Å². The van der Waals surface area contributed by atoms with Crippen LogP contribution in [0.5, 0.6) is 0 Å². The number of benzene rings is 1. The maximum absolute atomic E-state index is 12.2. The Balaban J connectivity index is 3.01. The topological polar surface area (TPSA) is 65.0 Å². The molecule has 1 aromatic rings. The third-order valence-electron chi connectivity index (χ3n) is 2.47. The molecule has 1 amide bonds. The second-order valence-corrected chi connectivity index (χ2v) is 4.97. The highest BCUT2D eigenvalue weighted by atomic mass is 127. The van der Waals surface area contributed by atoms with E-state index in [1.165, 1.54) is 0 Å². The SMILES string of the molecule is CN/C(C)=C(\C(C)=N)C(=O)Nc1ccccc1I. The molecule has 0 aliphatic heterocycles. The molecule has 0 aliphatic carbocycles. The zero-order chi connectivity index (χ0) is 13.7. The molecule has 0 bridgehead atoms. The molecule has 0 saturated heterocycles. The molecule has 3 N–H and O–H groups in total. The van der Waals surface area contributed by atoms with E-state index in [0.29, 0.717) is 11.3 Å². The number of para-hydroxylation sites is 1. The van der Waals surface area contributed by atoms with E-state index in [2.05, 4.69) is 33.2 Å². The summed E-state index contributed by atoms with van der Waals surface area (Å²) >= 11 is 2.16. The molecule has 1 rings (SSSR count). The van der Waals surface area contributed by atoms with Crippen LogP contribution in [0.2, 0.25) is 0 Å². The highest BCUT2D eigenvalue weighted by molar-refractivity contribution is 14.1. The Morgan fingerprint density at radius 3 is 2.39 bits per heavy atom. The van der Waals surface area contributed by atoms with Gasteiger partial charge < -0.3 is 16.0 Å². The van der Waals surface area contributed by atoms with Crippen LogP contribution >= 0.6 is 22.6 Å². The summed E-state index contributed by atoms with van der Waals surface area (Å²) in [5.41, 5.74) is 2.05. The van der Waals surface area contributed by atoms with Crippen molar-refractivity contribution in [1.29, 1.82) is 5.41 Å². The minimum Gasteiger partial charge on any atom is -0.391 e. The maximum Gasteiger partial charge on any atom is 0.259 e. The predicted molar refractivity (Wildman–Crippen MR) is 82.9 cm³/mol. The van der Waals surface area contributed by atoms with Gasteiger partial charge in [-0.3, -0.25) is 4.79 Å². The second kappa shape index (κ2) is 6.53. The molecule has 0 radical (unpaired) electrons. The molecule has 18 heavy (non-hydrogen) atoms. The van der Waals surface area contributed by atoms with Crippen molar-refractivity contribution in [3.63, 3.8) is 0 Å². The van der Waals surface area contributed by atoms with Gasteiger partial charge in [0.15, 0.2) is 0 Å². The van der Waals surface area contributed by atoms with Gasteiger partial charge in [-0.1, -0.05) is 12.1 Å². The third kappa shape index (κ3) is 3.56. The molecule has 0 spiro atoms. The van der Waals surface area contributed by atoms with Crippen LogP contribution in [0.25, 0.3) is 0 Å². The molecule has 0 saturated carbocycles. The molecule has 1 aromatic carbocycles. The quantitative estimate of drug-likeness (QED) is 0.441. The van der Waals surface area contributed by atoms with E-state index in [-0.39, 0.29) is 11.6 Å². The Bertz CT molecular complexity index is 509. The number of allylic oxidation sites excluding steroid dienone is 1. The first-order valence-corrected chi connectivity index (χ1v) is 6.55. The molecule has 0 heterocycles. The first kappa shape index (κ1) is 14.7. The standard InChI is InChI=1S/C13H16IN3O/c1-8(15)12(9(2)16-3)13(18)17-11-7-5-4-6-10(11)14/h4-7,15-16H,1-3H3,(H,17,18)/b12-9+,15-8?. The number of halogens is 1. The van der Waals surface area contributed by atoms with Crippen molar-refractivity contribution >= 4 is 39.9 Å². The zero-order valence-electron chi connectivity index (χ0n) is 10.6. The molecule has 0 fully saturated rings. The van der Waals surface area contributed by atoms with Gasteiger partial charge in [-0.15, -0.1) is 0 Å². The minimum atomic E-state index is -0.265. The molecule has 0 aliphatic rings. The molecule has 0 unspecified atom stereocenters. The van der Waals surface area contributed by atoms with Crippen LogP contribution in [-0.4, -0.2) is 18.7 Å². The molecular formula is C13H16IN3O. The predicted octanol–water partition coefficient (Wildman–Crippen LogP) is 2.76. The molecule has 0 aromatic heterocycles. The van der Waals surface area contributed by atoms with Crippen molar-refractivity contribution in [2.75, 3.05) is 12.4 Å². The highest BCUT2D eigenvalue weighted by Gasteiger charge is 2.15. The number of hydrogen-bond donors (Lipinski definition) is 3. The van der Waals surface area contributed by atoms with E-state index in [4.69, 9.17) is 5.41 Å². The maximum atomic E-state index is 12.2. The number of hydrogen-bond acceptors (Lipinski definition) is 3. The average Bonchev–Trinajstić information content (AvgIpc) is 2.31. The largest absolute Gasteiger partial charge is 0.391 e. The molecule has 5 heteroatoms. The van der Waals surface area contributed by atoms with Crippen LogP contribution in [0.3, 0.4) is 0 Å². The van der Waals surface area contributed by atoms with E-state index in [1.54, 1.807) is 20.9 Å². The summed E-state index contributed by atoms with van der Waals surface area (Å²) in [6.07, 6.45) is 0. The summed E-state index contributed by atoms with van der Waals surface area (Å²) in [6, 6.07) is 7.53. The molecule has 0 atom stereocenters. The Hall–Kier alpha value is -1.37. The van der Waals surface area contributed by atoms with Gasteiger partial charge >= 0.3 is 0 Å². The minimum absolute atomic E-state index is 0.241. The monoisotopic (exact) mass is 357 g/mol. The first-order valence-electron chi connectivity index (χ1n) is 5.47. The van der Waals surface area contributed by atoms with Crippen molar-refractivity contribution < 1.29 is 4.79 Å². The van der Waals surface area contributed by atoms with Gasteiger partial charge in [0.2, 0.25) is 0 Å². The average molecular weight is 357 g/mol. The Morgan fingerprint density at radius 1 is 1.28 bits per heavy atom. The van der Waals surface area contributed by atoms with Crippen LogP contribution in [0.1, 0.15) is 13.8 Å². The van der Waals surface area contributed by atoms with Crippen molar-refractivity contribution in [3.05, 3.63) is 39.1 Å². The van der Waals surface area contributed by atoms with Gasteiger partial charge in [0, 0.05) is 22.0 Å². The van der Waals surface area contributed by atoms with Crippen LogP contribution < -0.4 is 10.6 Å². The van der Waals surface area contributed by atoms with Gasteiger partial charge in [0.05, 0.1) is 11.3 Å². The normalized spacial score (nSPS) is 11.6. The Labute approximate surface area is 121 Å². The van der Waals surface area contributed by atoms with Gasteiger partial charge in [-0.2, -0.15) is 0 Å². The van der Waals surface area contributed by atoms with Gasteiger partial charge in [-0.25, -0.2) is 0 Å². The first-order chi connectivity index (χ1) is 8.47. The van der Waals surface area contributed by atoms with E-state index >= 15 is 0 Å². The van der Waals surface area contributed by atoms with Crippen LogP contribution in [-0.2, 0) is 4.79 Å². The fraction of sp³-hybridized carbons (Fsp3) is 0.231. The summed E-state index contributed by atoms with van der Waals surface area (Å²) in [7, 11) is 1.73. The fourth-order valence-corrected chi connectivity index (χ4v) is 2.02. The lowest BCUT2D eigenvalue weighted by molar-refractivity contribution is -0.112. The third-order valence-corrected chi connectivity index (χ3v) is 3.41.